The van der Waals surface area contributed by atoms with Gasteiger partial charge in [0.1, 0.15) is 0 Å². The first kappa shape index (κ1) is 16.8. The van der Waals surface area contributed by atoms with Gasteiger partial charge in [0.15, 0.2) is 0 Å². The molecule has 0 rings (SSSR count). The van der Waals surface area contributed by atoms with E-state index in [2.05, 4.69) is 13.8 Å². The maximum Gasteiger partial charge on any atom is 0.0767 e. The van der Waals surface area contributed by atoms with Gasteiger partial charge < -0.3 is 20.3 Å². The average Bonchev–Trinajstić information content (AvgIpc) is 2.32. The van der Waals surface area contributed by atoms with Crippen LogP contribution in [0.15, 0.2) is 0 Å². The van der Waals surface area contributed by atoms with E-state index in [0.717, 1.165) is 13.0 Å². The topological polar surface area (TPSA) is 64.7 Å². The SMILES string of the molecule is CCC(O)(CN)CCCOCCOCC(C)C. The summed E-state index contributed by atoms with van der Waals surface area (Å²) in [6.45, 7) is 9.24. The number of nitrogens with two attached hydrogens (primary N) is 1. The van der Waals surface area contributed by atoms with Gasteiger partial charge >= 0.3 is 0 Å². The van der Waals surface area contributed by atoms with E-state index in [0.29, 0.717) is 45.1 Å². The van der Waals surface area contributed by atoms with Crippen molar-refractivity contribution in [2.24, 2.45) is 11.7 Å². The monoisotopic (exact) mass is 247 g/mol. The average molecular weight is 247 g/mol. The van der Waals surface area contributed by atoms with E-state index in [-0.39, 0.29) is 0 Å². The van der Waals surface area contributed by atoms with Crippen molar-refractivity contribution >= 4 is 0 Å². The molecule has 4 nitrogen and oxygen atoms in total. The van der Waals surface area contributed by atoms with Crippen molar-refractivity contribution < 1.29 is 14.6 Å². The molecule has 0 heterocycles. The van der Waals surface area contributed by atoms with Crippen molar-refractivity contribution in [3.05, 3.63) is 0 Å². The van der Waals surface area contributed by atoms with Crippen molar-refractivity contribution in [1.29, 1.82) is 0 Å². The predicted molar refractivity (Wildman–Crippen MR) is 70.0 cm³/mol. The largest absolute Gasteiger partial charge is 0.389 e. The molecule has 0 saturated heterocycles. The zero-order chi connectivity index (χ0) is 13.1. The van der Waals surface area contributed by atoms with E-state index in [4.69, 9.17) is 15.2 Å². The zero-order valence-corrected chi connectivity index (χ0v) is 11.6. The lowest BCUT2D eigenvalue weighted by atomic mass is 9.95. The molecule has 1 atom stereocenters. The summed E-state index contributed by atoms with van der Waals surface area (Å²) >= 11 is 0. The van der Waals surface area contributed by atoms with Gasteiger partial charge in [-0.2, -0.15) is 0 Å². The lowest BCUT2D eigenvalue weighted by molar-refractivity contribution is 0.0111. The Hall–Kier alpha value is -0.160. The third-order valence-corrected chi connectivity index (χ3v) is 2.79. The van der Waals surface area contributed by atoms with Gasteiger partial charge in [-0.25, -0.2) is 0 Å². The maximum atomic E-state index is 9.93. The molecule has 0 bridgehead atoms. The van der Waals surface area contributed by atoms with Gasteiger partial charge in [0, 0.05) is 19.8 Å². The van der Waals surface area contributed by atoms with E-state index < -0.39 is 5.60 Å². The van der Waals surface area contributed by atoms with Gasteiger partial charge in [0.2, 0.25) is 0 Å². The second-order valence-electron chi connectivity index (χ2n) is 4.97. The second-order valence-corrected chi connectivity index (χ2v) is 4.97. The molecule has 17 heavy (non-hydrogen) atoms. The molecule has 0 aliphatic heterocycles. The van der Waals surface area contributed by atoms with E-state index in [9.17, 15) is 5.11 Å². The lowest BCUT2D eigenvalue weighted by Gasteiger charge is -2.24. The van der Waals surface area contributed by atoms with Crippen LogP contribution >= 0.6 is 0 Å². The van der Waals surface area contributed by atoms with Crippen LogP contribution in [-0.4, -0.2) is 43.7 Å². The van der Waals surface area contributed by atoms with Crippen molar-refractivity contribution in [2.75, 3.05) is 33.0 Å². The van der Waals surface area contributed by atoms with Crippen molar-refractivity contribution in [2.45, 2.75) is 45.6 Å². The molecule has 4 heteroatoms. The van der Waals surface area contributed by atoms with Gasteiger partial charge in [0.05, 0.1) is 18.8 Å². The van der Waals surface area contributed by atoms with Crippen LogP contribution < -0.4 is 5.73 Å². The fraction of sp³-hybridized carbons (Fsp3) is 1.00. The molecule has 0 aromatic rings. The fourth-order valence-corrected chi connectivity index (χ4v) is 1.47. The number of rotatable bonds is 11. The Morgan fingerprint density at radius 2 is 1.82 bits per heavy atom. The summed E-state index contributed by atoms with van der Waals surface area (Å²) in [5.41, 5.74) is 4.80. The summed E-state index contributed by atoms with van der Waals surface area (Å²) in [6.07, 6.45) is 2.24. The summed E-state index contributed by atoms with van der Waals surface area (Å²) in [4.78, 5) is 0. The maximum absolute atomic E-state index is 9.93. The minimum Gasteiger partial charge on any atom is -0.389 e. The molecule has 3 N–H and O–H groups in total. The molecule has 104 valence electrons. The Bertz CT molecular complexity index is 170. The van der Waals surface area contributed by atoms with Crippen molar-refractivity contribution in [3.8, 4) is 0 Å². The number of hydrogen-bond donors (Lipinski definition) is 2. The Balaban J connectivity index is 3.29. The van der Waals surface area contributed by atoms with Gasteiger partial charge in [-0.15, -0.1) is 0 Å². The molecule has 1 unspecified atom stereocenters. The summed E-state index contributed by atoms with van der Waals surface area (Å²) in [5, 5.41) is 9.93. The molecule has 0 saturated carbocycles. The number of hydrogen-bond acceptors (Lipinski definition) is 4. The fourth-order valence-electron chi connectivity index (χ4n) is 1.47. The molecule has 0 spiro atoms. The van der Waals surface area contributed by atoms with Gasteiger partial charge in [-0.05, 0) is 25.2 Å². The molecule has 0 aliphatic rings. The summed E-state index contributed by atoms with van der Waals surface area (Å²) < 4.78 is 10.8. The number of ether oxygens (including phenoxy) is 2. The first-order chi connectivity index (χ1) is 8.04. The van der Waals surface area contributed by atoms with E-state index in [1.54, 1.807) is 0 Å². The predicted octanol–water partition coefficient (Wildman–Crippen LogP) is 1.56. The van der Waals surface area contributed by atoms with Crippen LogP contribution in [0, 0.1) is 5.92 Å². The first-order valence-corrected chi connectivity index (χ1v) is 6.62. The Kier molecular flexibility index (Phi) is 9.74. The normalized spacial score (nSPS) is 15.2. The van der Waals surface area contributed by atoms with Crippen LogP contribution in [-0.2, 0) is 9.47 Å². The van der Waals surface area contributed by atoms with Crippen LogP contribution in [0.25, 0.3) is 0 Å². The Labute approximate surface area is 105 Å². The number of aliphatic hydroxyl groups is 1. The van der Waals surface area contributed by atoms with Gasteiger partial charge in [-0.3, -0.25) is 0 Å². The minimum atomic E-state index is -0.711. The lowest BCUT2D eigenvalue weighted by Crippen LogP contribution is -2.37. The Morgan fingerprint density at radius 3 is 2.35 bits per heavy atom. The van der Waals surface area contributed by atoms with Crippen molar-refractivity contribution in [1.82, 2.24) is 0 Å². The van der Waals surface area contributed by atoms with Crippen molar-refractivity contribution in [3.63, 3.8) is 0 Å². The van der Waals surface area contributed by atoms with Gasteiger partial charge in [0.25, 0.3) is 0 Å². The molecule has 0 radical (unpaired) electrons. The molecule has 0 fully saturated rings. The highest BCUT2D eigenvalue weighted by molar-refractivity contribution is 4.77. The standard InChI is InChI=1S/C13H29NO3/c1-4-13(15,11-14)6-5-7-16-8-9-17-10-12(2)3/h12,15H,4-11,14H2,1-3H3. The van der Waals surface area contributed by atoms with E-state index in [1.165, 1.54) is 0 Å². The van der Waals surface area contributed by atoms with Crippen LogP contribution in [0.1, 0.15) is 40.0 Å². The third-order valence-electron chi connectivity index (χ3n) is 2.79. The van der Waals surface area contributed by atoms with Crippen LogP contribution in [0.4, 0.5) is 0 Å². The Morgan fingerprint density at radius 1 is 1.18 bits per heavy atom. The quantitative estimate of drug-likeness (QED) is 0.544. The summed E-state index contributed by atoms with van der Waals surface area (Å²) in [6, 6.07) is 0. The molecule has 0 aliphatic carbocycles. The molecule has 0 amide bonds. The van der Waals surface area contributed by atoms with Crippen LogP contribution in [0.5, 0.6) is 0 Å². The van der Waals surface area contributed by atoms with Crippen LogP contribution in [0.3, 0.4) is 0 Å². The third kappa shape index (κ3) is 9.53. The first-order valence-electron chi connectivity index (χ1n) is 6.62. The second kappa shape index (κ2) is 9.83. The smallest absolute Gasteiger partial charge is 0.0767 e. The molecule has 0 aromatic heterocycles. The minimum absolute atomic E-state index is 0.320. The van der Waals surface area contributed by atoms with Gasteiger partial charge in [-0.1, -0.05) is 20.8 Å². The zero-order valence-electron chi connectivity index (χ0n) is 11.6. The van der Waals surface area contributed by atoms with Crippen LogP contribution in [0.2, 0.25) is 0 Å². The highest BCUT2D eigenvalue weighted by Gasteiger charge is 2.21. The molecular formula is C13H29NO3. The molecule has 0 aromatic carbocycles. The highest BCUT2D eigenvalue weighted by atomic mass is 16.5. The van der Waals surface area contributed by atoms with E-state index >= 15 is 0 Å². The van der Waals surface area contributed by atoms with E-state index in [1.807, 2.05) is 6.92 Å². The summed E-state index contributed by atoms with van der Waals surface area (Å²) in [5.74, 6) is 0.569. The molecular weight excluding hydrogens is 218 g/mol. The summed E-state index contributed by atoms with van der Waals surface area (Å²) in [7, 11) is 0. The highest BCUT2D eigenvalue weighted by Crippen LogP contribution is 2.15.